The molecule has 2 rings (SSSR count). The van der Waals surface area contributed by atoms with Crippen LogP contribution in [-0.2, 0) is 14.8 Å². The van der Waals surface area contributed by atoms with Crippen molar-refractivity contribution in [1.29, 1.82) is 0 Å². The maximum atomic E-state index is 12.6. The molecule has 1 atom stereocenters. The van der Waals surface area contributed by atoms with E-state index in [1.165, 1.54) is 6.07 Å². The lowest BCUT2D eigenvalue weighted by Crippen LogP contribution is -2.49. The Morgan fingerprint density at radius 1 is 1.28 bits per heavy atom. The van der Waals surface area contributed by atoms with Crippen LogP contribution in [0.25, 0.3) is 10.6 Å². The quantitative estimate of drug-likeness (QED) is 0.675. The molecule has 0 fully saturated rings. The van der Waals surface area contributed by atoms with Crippen molar-refractivity contribution < 1.29 is 22.8 Å². The van der Waals surface area contributed by atoms with Gasteiger partial charge in [0.25, 0.3) is 10.0 Å². The highest BCUT2D eigenvalue weighted by Gasteiger charge is 2.28. The van der Waals surface area contributed by atoms with Gasteiger partial charge in [-0.3, -0.25) is 9.78 Å². The minimum absolute atomic E-state index is 0.143. The van der Waals surface area contributed by atoms with Gasteiger partial charge in [0.1, 0.15) is 4.21 Å². The van der Waals surface area contributed by atoms with Gasteiger partial charge in [-0.1, -0.05) is 6.07 Å². The van der Waals surface area contributed by atoms with Crippen LogP contribution in [0.2, 0.25) is 0 Å². The summed E-state index contributed by atoms with van der Waals surface area (Å²) in [4.78, 5) is 16.0. The fourth-order valence-electron chi connectivity index (χ4n) is 2.40. The number of carboxylic acids is 1. The van der Waals surface area contributed by atoms with Crippen LogP contribution >= 0.6 is 11.3 Å². The zero-order valence-electron chi connectivity index (χ0n) is 14.3. The molecule has 136 valence electrons. The number of hydrogen-bond donors (Lipinski definition) is 2. The first kappa shape index (κ1) is 19.5. The molecular formula is C16H22N3O4S2+. The molecule has 7 nitrogen and oxygen atoms in total. The number of pyridine rings is 1. The summed E-state index contributed by atoms with van der Waals surface area (Å²) in [6.07, 6.45) is 1.37. The van der Waals surface area contributed by atoms with E-state index in [2.05, 4.69) is 9.71 Å². The number of thiophene rings is 1. The summed E-state index contributed by atoms with van der Waals surface area (Å²) < 4.78 is 28.4. The van der Waals surface area contributed by atoms with Crippen molar-refractivity contribution in [3.8, 4) is 10.6 Å². The number of sulfonamides is 1. The van der Waals surface area contributed by atoms with Gasteiger partial charge in [-0.05, 0) is 24.3 Å². The fraction of sp³-hybridized carbons (Fsp3) is 0.375. The Morgan fingerprint density at radius 2 is 2.00 bits per heavy atom. The molecule has 0 amide bonds. The van der Waals surface area contributed by atoms with Gasteiger partial charge in [-0.15, -0.1) is 11.3 Å². The summed E-state index contributed by atoms with van der Waals surface area (Å²) >= 11 is 1.11. The number of nitrogens with zero attached hydrogens (tertiary/aromatic N) is 2. The molecule has 0 aromatic carbocycles. The lowest BCUT2D eigenvalue weighted by molar-refractivity contribution is -0.871. The molecule has 0 aliphatic heterocycles. The topological polar surface area (TPSA) is 96.4 Å². The van der Waals surface area contributed by atoms with Crippen LogP contribution in [0.1, 0.15) is 6.42 Å². The molecule has 25 heavy (non-hydrogen) atoms. The highest BCUT2D eigenvalue weighted by molar-refractivity contribution is 7.91. The largest absolute Gasteiger partial charge is 0.481 e. The van der Waals surface area contributed by atoms with Crippen molar-refractivity contribution in [2.24, 2.45) is 0 Å². The lowest BCUT2D eigenvalue weighted by Gasteiger charge is -2.28. The van der Waals surface area contributed by atoms with Crippen molar-refractivity contribution in [3.05, 3.63) is 36.5 Å². The molecule has 0 radical (unpaired) electrons. The first-order chi connectivity index (χ1) is 11.6. The van der Waals surface area contributed by atoms with E-state index in [0.29, 0.717) is 16.7 Å². The Bertz CT molecular complexity index is 827. The van der Waals surface area contributed by atoms with Gasteiger partial charge in [0.05, 0.1) is 50.7 Å². The zero-order chi connectivity index (χ0) is 18.7. The molecule has 9 heteroatoms. The second-order valence-corrected chi connectivity index (χ2v) is 9.75. The minimum Gasteiger partial charge on any atom is -0.481 e. The summed E-state index contributed by atoms with van der Waals surface area (Å²) in [6.45, 7) is 0.365. The zero-order valence-corrected chi connectivity index (χ0v) is 16.0. The third-order valence-corrected chi connectivity index (χ3v) is 6.39. The van der Waals surface area contributed by atoms with E-state index < -0.39 is 22.0 Å². The second-order valence-electron chi connectivity index (χ2n) is 6.72. The first-order valence-electron chi connectivity index (χ1n) is 7.63. The number of likely N-dealkylation sites (N-methyl/N-ethyl adjacent to an activating group) is 1. The van der Waals surface area contributed by atoms with Crippen molar-refractivity contribution in [2.75, 3.05) is 27.7 Å². The number of aliphatic carboxylic acids is 1. The minimum atomic E-state index is -3.80. The average Bonchev–Trinajstić information content (AvgIpc) is 2.95. The van der Waals surface area contributed by atoms with Gasteiger partial charge >= 0.3 is 5.97 Å². The van der Waals surface area contributed by atoms with Gasteiger partial charge in [0, 0.05) is 6.20 Å². The standard InChI is InChI=1S/C16H21N3O4S2/c1-19(2,3)11-12(10-15(20)21)18-25(22,23)16-8-7-14(24-16)13-6-4-5-9-17-13/h4-9,12,18H,10-11H2,1-3H3/p+1. The van der Waals surface area contributed by atoms with E-state index in [-0.39, 0.29) is 10.6 Å². The third-order valence-electron chi connectivity index (χ3n) is 3.27. The van der Waals surface area contributed by atoms with Crippen molar-refractivity contribution in [1.82, 2.24) is 9.71 Å². The Hall–Kier alpha value is -1.81. The lowest BCUT2D eigenvalue weighted by atomic mass is 10.2. The summed E-state index contributed by atoms with van der Waals surface area (Å²) in [5.74, 6) is -1.04. The van der Waals surface area contributed by atoms with E-state index in [0.717, 1.165) is 16.2 Å². The van der Waals surface area contributed by atoms with Gasteiger partial charge < -0.3 is 9.59 Å². The van der Waals surface area contributed by atoms with Gasteiger partial charge in [-0.2, -0.15) is 0 Å². The number of carboxylic acid groups (broad SMARTS) is 1. The molecule has 0 spiro atoms. The van der Waals surface area contributed by atoms with Crippen LogP contribution in [0, 0.1) is 0 Å². The molecule has 0 saturated carbocycles. The monoisotopic (exact) mass is 384 g/mol. The number of aromatic nitrogens is 1. The van der Waals surface area contributed by atoms with Gasteiger partial charge in [0.15, 0.2) is 0 Å². The summed E-state index contributed by atoms with van der Waals surface area (Å²) in [5.41, 5.74) is 0.697. The van der Waals surface area contributed by atoms with Crippen LogP contribution < -0.4 is 4.72 Å². The summed E-state index contributed by atoms with van der Waals surface area (Å²) in [5, 5.41) is 9.05. The van der Waals surface area contributed by atoms with Crippen LogP contribution in [0.3, 0.4) is 0 Å². The maximum Gasteiger partial charge on any atom is 0.305 e. The number of carbonyl (C=O) groups is 1. The smallest absolute Gasteiger partial charge is 0.305 e. The predicted octanol–water partition coefficient (Wildman–Crippen LogP) is 1.64. The maximum absolute atomic E-state index is 12.6. The van der Waals surface area contributed by atoms with Crippen molar-refractivity contribution in [2.45, 2.75) is 16.7 Å². The number of hydrogen-bond acceptors (Lipinski definition) is 5. The molecule has 0 aliphatic carbocycles. The predicted molar refractivity (Wildman–Crippen MR) is 96.8 cm³/mol. The highest BCUT2D eigenvalue weighted by atomic mass is 32.2. The van der Waals surface area contributed by atoms with Crippen LogP contribution in [0.15, 0.2) is 40.7 Å². The number of nitrogens with one attached hydrogen (secondary N) is 1. The molecule has 0 saturated heterocycles. The molecular weight excluding hydrogens is 362 g/mol. The van der Waals surface area contributed by atoms with E-state index in [1.807, 2.05) is 27.2 Å². The molecule has 2 aromatic heterocycles. The van der Waals surface area contributed by atoms with E-state index in [1.54, 1.807) is 24.4 Å². The third kappa shape index (κ3) is 5.89. The van der Waals surface area contributed by atoms with Crippen LogP contribution in [0.4, 0.5) is 0 Å². The Labute approximate surface area is 151 Å². The summed E-state index contributed by atoms with van der Waals surface area (Å²) in [6, 6.07) is 7.95. The summed E-state index contributed by atoms with van der Waals surface area (Å²) in [7, 11) is 1.85. The Morgan fingerprint density at radius 3 is 2.56 bits per heavy atom. The van der Waals surface area contributed by atoms with Crippen molar-refractivity contribution >= 4 is 27.3 Å². The van der Waals surface area contributed by atoms with E-state index >= 15 is 0 Å². The Balaban J connectivity index is 2.22. The average molecular weight is 385 g/mol. The molecule has 0 bridgehead atoms. The van der Waals surface area contributed by atoms with Crippen LogP contribution in [-0.4, -0.2) is 62.7 Å². The molecule has 0 aliphatic rings. The molecule has 2 heterocycles. The molecule has 2 N–H and O–H groups in total. The van der Waals surface area contributed by atoms with Gasteiger partial charge in [-0.25, -0.2) is 13.1 Å². The van der Waals surface area contributed by atoms with E-state index in [9.17, 15) is 13.2 Å². The Kier molecular flexibility index (Phi) is 5.94. The van der Waals surface area contributed by atoms with Crippen LogP contribution in [0.5, 0.6) is 0 Å². The first-order valence-corrected chi connectivity index (χ1v) is 9.92. The number of rotatable bonds is 8. The normalized spacial score (nSPS) is 13.6. The molecule has 1 unspecified atom stereocenters. The SMILES string of the molecule is C[N+](C)(C)CC(CC(=O)O)NS(=O)(=O)c1ccc(-c2ccccn2)s1. The van der Waals surface area contributed by atoms with Gasteiger partial charge in [0.2, 0.25) is 0 Å². The fourth-order valence-corrected chi connectivity index (χ4v) is 4.93. The highest BCUT2D eigenvalue weighted by Crippen LogP contribution is 2.29. The van der Waals surface area contributed by atoms with Crippen molar-refractivity contribution in [3.63, 3.8) is 0 Å². The van der Waals surface area contributed by atoms with E-state index in [4.69, 9.17) is 5.11 Å². The number of quaternary nitrogens is 1. The molecule has 2 aromatic rings. The second kappa shape index (κ2) is 7.61.